The Labute approximate surface area is 117 Å². The van der Waals surface area contributed by atoms with Gasteiger partial charge in [-0.15, -0.1) is 0 Å². The molecule has 3 nitrogen and oxygen atoms in total. The van der Waals surface area contributed by atoms with E-state index in [1.165, 1.54) is 32.4 Å². The van der Waals surface area contributed by atoms with E-state index < -0.39 is 0 Å². The summed E-state index contributed by atoms with van der Waals surface area (Å²) in [4.78, 5) is 2.61. The molecule has 1 aliphatic heterocycles. The van der Waals surface area contributed by atoms with Gasteiger partial charge in [0.05, 0.1) is 12.8 Å². The summed E-state index contributed by atoms with van der Waals surface area (Å²) in [6, 6.07) is 7.53. The van der Waals surface area contributed by atoms with Gasteiger partial charge in [0, 0.05) is 29.6 Å². The highest BCUT2D eigenvalue weighted by molar-refractivity contribution is 9.10. The van der Waals surface area contributed by atoms with Gasteiger partial charge in [-0.2, -0.15) is 0 Å². The van der Waals surface area contributed by atoms with Crippen molar-refractivity contribution in [3.8, 4) is 5.75 Å². The van der Waals surface area contributed by atoms with Crippen molar-refractivity contribution in [3.05, 3.63) is 22.7 Å². The Hall–Kier alpha value is -0.740. The van der Waals surface area contributed by atoms with Crippen LogP contribution in [0.15, 0.2) is 22.7 Å². The number of anilines is 1. The van der Waals surface area contributed by atoms with Crippen molar-refractivity contribution in [1.82, 2.24) is 4.90 Å². The third-order valence-corrected chi connectivity index (χ3v) is 4.30. The van der Waals surface area contributed by atoms with Gasteiger partial charge < -0.3 is 10.1 Å². The molecule has 1 saturated carbocycles. The second-order valence-electron chi connectivity index (χ2n) is 5.20. The van der Waals surface area contributed by atoms with E-state index in [4.69, 9.17) is 4.74 Å². The standard InChI is InChI=1S/C14H19BrN2O/c1-18-14-5-2-10(15)8-13(14)16-11-6-7-17(9-11)12-3-4-12/h2,5,8,11-12,16H,3-4,6-7,9H2,1H3. The summed E-state index contributed by atoms with van der Waals surface area (Å²) in [5, 5.41) is 3.62. The van der Waals surface area contributed by atoms with Crippen LogP contribution in [0.4, 0.5) is 5.69 Å². The quantitative estimate of drug-likeness (QED) is 0.925. The van der Waals surface area contributed by atoms with Crippen molar-refractivity contribution in [1.29, 1.82) is 0 Å². The maximum atomic E-state index is 5.40. The number of methoxy groups -OCH3 is 1. The Morgan fingerprint density at radius 3 is 2.89 bits per heavy atom. The van der Waals surface area contributed by atoms with Gasteiger partial charge in [0.2, 0.25) is 0 Å². The van der Waals surface area contributed by atoms with Crippen molar-refractivity contribution in [2.75, 3.05) is 25.5 Å². The molecule has 1 aliphatic carbocycles. The number of ether oxygens (including phenoxy) is 1. The summed E-state index contributed by atoms with van der Waals surface area (Å²) in [6.45, 7) is 2.40. The summed E-state index contributed by atoms with van der Waals surface area (Å²) >= 11 is 3.51. The van der Waals surface area contributed by atoms with Crippen LogP contribution in [0.5, 0.6) is 5.75 Å². The lowest BCUT2D eigenvalue weighted by Gasteiger charge is -2.18. The Morgan fingerprint density at radius 1 is 1.33 bits per heavy atom. The molecule has 1 atom stereocenters. The van der Waals surface area contributed by atoms with Crippen LogP contribution in [0.25, 0.3) is 0 Å². The molecule has 0 amide bonds. The van der Waals surface area contributed by atoms with Crippen molar-refractivity contribution in [3.63, 3.8) is 0 Å². The predicted molar refractivity (Wildman–Crippen MR) is 77.3 cm³/mol. The highest BCUT2D eigenvalue weighted by Gasteiger charge is 2.34. The molecule has 2 aliphatic rings. The number of nitrogens with zero attached hydrogens (tertiary/aromatic N) is 1. The fraction of sp³-hybridized carbons (Fsp3) is 0.571. The lowest BCUT2D eigenvalue weighted by atomic mass is 10.2. The second kappa shape index (κ2) is 5.10. The minimum Gasteiger partial charge on any atom is -0.495 e. The molecule has 0 radical (unpaired) electrons. The Bertz CT molecular complexity index is 434. The maximum Gasteiger partial charge on any atom is 0.142 e. The summed E-state index contributed by atoms with van der Waals surface area (Å²) < 4.78 is 6.49. The second-order valence-corrected chi connectivity index (χ2v) is 6.12. The van der Waals surface area contributed by atoms with E-state index in [0.717, 1.165) is 22.0 Å². The maximum absolute atomic E-state index is 5.40. The van der Waals surface area contributed by atoms with Gasteiger partial charge in [-0.25, -0.2) is 0 Å². The zero-order chi connectivity index (χ0) is 12.5. The first-order valence-corrected chi connectivity index (χ1v) is 7.39. The molecule has 0 spiro atoms. The summed E-state index contributed by atoms with van der Waals surface area (Å²) in [5.41, 5.74) is 1.09. The van der Waals surface area contributed by atoms with E-state index in [1.807, 2.05) is 12.1 Å². The molecule has 1 N–H and O–H groups in total. The lowest BCUT2D eigenvalue weighted by Crippen LogP contribution is -2.27. The normalized spacial score (nSPS) is 24.2. The first-order chi connectivity index (χ1) is 8.76. The molecule has 3 rings (SSSR count). The van der Waals surface area contributed by atoms with Crippen LogP contribution in [-0.4, -0.2) is 37.2 Å². The number of rotatable bonds is 4. The fourth-order valence-corrected chi connectivity index (χ4v) is 3.05. The van der Waals surface area contributed by atoms with E-state index in [1.54, 1.807) is 7.11 Å². The van der Waals surface area contributed by atoms with Crippen molar-refractivity contribution in [2.24, 2.45) is 0 Å². The first kappa shape index (κ1) is 12.3. The van der Waals surface area contributed by atoms with E-state index >= 15 is 0 Å². The molecule has 18 heavy (non-hydrogen) atoms. The molecule has 0 bridgehead atoms. The van der Waals surface area contributed by atoms with E-state index in [9.17, 15) is 0 Å². The van der Waals surface area contributed by atoms with Crippen LogP contribution in [0, 0.1) is 0 Å². The first-order valence-electron chi connectivity index (χ1n) is 6.60. The Morgan fingerprint density at radius 2 is 2.17 bits per heavy atom. The van der Waals surface area contributed by atoms with Crippen LogP contribution >= 0.6 is 15.9 Å². The van der Waals surface area contributed by atoms with Crippen LogP contribution in [-0.2, 0) is 0 Å². The third-order valence-electron chi connectivity index (χ3n) is 3.80. The number of nitrogens with one attached hydrogen (secondary N) is 1. The Balaban J connectivity index is 1.66. The summed E-state index contributed by atoms with van der Waals surface area (Å²) in [6.07, 6.45) is 4.02. The monoisotopic (exact) mass is 310 g/mol. The highest BCUT2D eigenvalue weighted by atomic mass is 79.9. The highest BCUT2D eigenvalue weighted by Crippen LogP contribution is 2.33. The van der Waals surface area contributed by atoms with Gasteiger partial charge >= 0.3 is 0 Å². The third kappa shape index (κ3) is 2.64. The van der Waals surface area contributed by atoms with Gasteiger partial charge in [0.15, 0.2) is 0 Å². The number of benzene rings is 1. The number of hydrogen-bond donors (Lipinski definition) is 1. The molecule has 1 aromatic carbocycles. The molecule has 0 aromatic heterocycles. The van der Waals surface area contributed by atoms with Crippen molar-refractivity contribution < 1.29 is 4.74 Å². The SMILES string of the molecule is COc1ccc(Br)cc1NC1CCN(C2CC2)C1. The van der Waals surface area contributed by atoms with E-state index in [2.05, 4.69) is 32.2 Å². The molecule has 98 valence electrons. The van der Waals surface area contributed by atoms with E-state index in [0.29, 0.717) is 6.04 Å². The molecule has 2 fully saturated rings. The molecule has 4 heteroatoms. The van der Waals surface area contributed by atoms with Gasteiger partial charge in [-0.1, -0.05) is 15.9 Å². The van der Waals surface area contributed by atoms with Gasteiger partial charge in [0.25, 0.3) is 0 Å². The molecule has 1 aromatic rings. The van der Waals surface area contributed by atoms with Gasteiger partial charge in [-0.3, -0.25) is 4.90 Å². The molecule has 1 unspecified atom stereocenters. The predicted octanol–water partition coefficient (Wildman–Crippen LogP) is 3.11. The smallest absolute Gasteiger partial charge is 0.142 e. The van der Waals surface area contributed by atoms with Crippen LogP contribution < -0.4 is 10.1 Å². The molecular weight excluding hydrogens is 292 g/mol. The molecular formula is C14H19BrN2O. The zero-order valence-corrected chi connectivity index (χ0v) is 12.2. The summed E-state index contributed by atoms with van der Waals surface area (Å²) in [5.74, 6) is 0.920. The number of halogens is 1. The van der Waals surface area contributed by atoms with Gasteiger partial charge in [0.1, 0.15) is 5.75 Å². The van der Waals surface area contributed by atoms with Crippen LogP contribution in [0.1, 0.15) is 19.3 Å². The van der Waals surface area contributed by atoms with Crippen LogP contribution in [0.3, 0.4) is 0 Å². The minimum atomic E-state index is 0.550. The van der Waals surface area contributed by atoms with Gasteiger partial charge in [-0.05, 0) is 37.5 Å². The largest absolute Gasteiger partial charge is 0.495 e. The molecule has 1 heterocycles. The lowest BCUT2D eigenvalue weighted by molar-refractivity contribution is 0.326. The minimum absolute atomic E-state index is 0.550. The summed E-state index contributed by atoms with van der Waals surface area (Å²) in [7, 11) is 1.72. The van der Waals surface area contributed by atoms with Crippen LogP contribution in [0.2, 0.25) is 0 Å². The number of hydrogen-bond acceptors (Lipinski definition) is 3. The average Bonchev–Trinajstić information content (AvgIpc) is 3.11. The zero-order valence-electron chi connectivity index (χ0n) is 10.7. The van der Waals surface area contributed by atoms with Crippen molar-refractivity contribution in [2.45, 2.75) is 31.3 Å². The fourth-order valence-electron chi connectivity index (χ4n) is 2.69. The topological polar surface area (TPSA) is 24.5 Å². The van der Waals surface area contributed by atoms with Crippen molar-refractivity contribution >= 4 is 21.6 Å². The molecule has 1 saturated heterocycles. The number of likely N-dealkylation sites (tertiary alicyclic amines) is 1. The van der Waals surface area contributed by atoms with E-state index in [-0.39, 0.29) is 0 Å². The average molecular weight is 311 g/mol. The Kier molecular flexibility index (Phi) is 3.48.